The van der Waals surface area contributed by atoms with Crippen LogP contribution in [0.2, 0.25) is 64.5 Å². The van der Waals surface area contributed by atoms with Gasteiger partial charge in [0.05, 0.1) is 0 Å². The third-order valence-corrected chi connectivity index (χ3v) is 33.1. The quantitative estimate of drug-likeness (QED) is 0.204. The van der Waals surface area contributed by atoms with Gasteiger partial charge < -0.3 is 42.4 Å². The molecule has 0 aromatic rings. The van der Waals surface area contributed by atoms with Gasteiger partial charge >= 0.3 is 17.1 Å². The van der Waals surface area contributed by atoms with E-state index < -0.39 is 72.8 Å². The van der Waals surface area contributed by atoms with Gasteiger partial charge in [0.2, 0.25) is 0 Å². The van der Waals surface area contributed by atoms with Crippen molar-refractivity contribution in [1.29, 1.82) is 0 Å². The van der Waals surface area contributed by atoms with E-state index in [1.54, 1.807) is 0 Å². The van der Waals surface area contributed by atoms with Crippen molar-refractivity contribution < 1.29 is 42.4 Å². The van der Waals surface area contributed by atoms with E-state index >= 15 is 0 Å². The van der Waals surface area contributed by atoms with Crippen molar-refractivity contribution in [1.82, 2.24) is 0 Å². The molecule has 0 bridgehead atoms. The molecule has 2 aliphatic heterocycles. The van der Waals surface area contributed by atoms with Crippen LogP contribution in [0.3, 0.4) is 0 Å². The Balaban J connectivity index is 0.000000642. The van der Waals surface area contributed by atoms with Gasteiger partial charge in [0, 0.05) is 13.2 Å². The summed E-state index contributed by atoms with van der Waals surface area (Å²) in [7, 11) is -6.90. The summed E-state index contributed by atoms with van der Waals surface area (Å²) in [6, 6.07) is 1.83. The molecule has 2 rings (SSSR count). The summed E-state index contributed by atoms with van der Waals surface area (Å²) in [5, 5.41) is 0. The van der Waals surface area contributed by atoms with E-state index in [2.05, 4.69) is 53.5 Å². The largest absolute Gasteiger partial charge is 0.555 e. The monoisotopic (exact) mass is 889 g/mol. The number of hydrogen-bond acceptors (Lipinski definition) is 10. The van der Waals surface area contributed by atoms with Crippen LogP contribution in [0.15, 0.2) is 0 Å². The molecule has 35 heavy (non-hydrogen) atoms. The minimum absolute atomic E-state index is 0. The number of hydrogen-bond donors (Lipinski definition) is 0. The molecule has 2 saturated heterocycles. The molecule has 2 fully saturated rings. The molecule has 0 saturated carbocycles. The van der Waals surface area contributed by atoms with Gasteiger partial charge in [0.15, 0.2) is 0 Å². The Morgan fingerprint density at radius 1 is 0.543 bits per heavy atom. The third-order valence-electron chi connectivity index (χ3n) is 5.03. The van der Waals surface area contributed by atoms with Crippen molar-refractivity contribution in [3.8, 4) is 0 Å². The predicted octanol–water partition coefficient (Wildman–Crippen LogP) is 1.78. The molecular weight excluding hydrogens is 844 g/mol. The van der Waals surface area contributed by atoms with E-state index in [0.717, 1.165) is 24.9 Å². The summed E-state index contributed by atoms with van der Waals surface area (Å²) in [6.07, 6.45) is 1.84. The Morgan fingerprint density at radius 3 is 1.03 bits per heavy atom. The van der Waals surface area contributed by atoms with Crippen molar-refractivity contribution in [2.24, 2.45) is 0 Å². The van der Waals surface area contributed by atoms with Crippen LogP contribution >= 0.6 is 0 Å². The summed E-state index contributed by atoms with van der Waals surface area (Å²) in [5.74, 6) is 0. The van der Waals surface area contributed by atoms with Crippen LogP contribution in [-0.4, -0.2) is 86.0 Å². The predicted molar refractivity (Wildman–Crippen MR) is 151 cm³/mol. The van der Waals surface area contributed by atoms with E-state index in [-0.39, 0.29) is 0 Å². The van der Waals surface area contributed by atoms with Crippen LogP contribution in [0.25, 0.3) is 0 Å². The molecule has 0 amide bonds. The van der Waals surface area contributed by atoms with Gasteiger partial charge in [-0.3, -0.25) is 0 Å². The standard InChI is InChI=1S/2C8H23O5Si4.Rf/c2*1-9-7-6-8-17(5)12-15(3)10-14(2)11-16(4)13-17;/h2*14-16H,1,6-8H2,2-5H3;/q2*-1;. The molecule has 0 radical (unpaired) electrons. The zero-order valence-corrected chi connectivity index (χ0v) is 38.2. The topological polar surface area (TPSA) is 92.3 Å². The molecule has 0 spiro atoms. The molecule has 10 nitrogen and oxygen atoms in total. The third kappa shape index (κ3) is 15.4. The van der Waals surface area contributed by atoms with Crippen LogP contribution in [0.1, 0.15) is 12.8 Å². The molecule has 0 aromatic heterocycles. The summed E-state index contributed by atoms with van der Waals surface area (Å²) in [6.45, 7) is 17.8. The summed E-state index contributed by atoms with van der Waals surface area (Å²) < 4.78 is 57.5. The molecule has 2 aliphatic rings. The summed E-state index contributed by atoms with van der Waals surface area (Å²) in [5.41, 5.74) is 0. The Hall–Kier alpha value is 0.335. The number of rotatable bonds is 8. The fourth-order valence-electron chi connectivity index (χ4n) is 3.94. The first-order chi connectivity index (χ1) is 15.9. The van der Waals surface area contributed by atoms with E-state index in [9.17, 15) is 0 Å². The molecule has 2 heterocycles. The molecule has 4 unspecified atom stereocenters. The van der Waals surface area contributed by atoms with Crippen molar-refractivity contribution in [2.45, 2.75) is 77.3 Å². The van der Waals surface area contributed by atoms with E-state index in [0.29, 0.717) is 13.2 Å². The van der Waals surface area contributed by atoms with Crippen LogP contribution in [-0.2, 0) is 42.4 Å². The Morgan fingerprint density at radius 2 is 0.800 bits per heavy atom. The van der Waals surface area contributed by atoms with E-state index in [4.69, 9.17) is 42.4 Å². The number of ether oxygens (including phenoxy) is 2. The molecule has 206 valence electrons. The van der Waals surface area contributed by atoms with E-state index in [1.165, 1.54) is 0 Å². The van der Waals surface area contributed by atoms with Crippen LogP contribution in [0, 0.1) is 14.2 Å². The maximum Gasteiger partial charge on any atom is 0.317 e. The SMILES string of the molecule is [CH2-]OCCC[Si]1(C)O[SiH](C)O[SiH](C)O[SiH](C)O1.[CH2-]OCCC[Si]1(C)O[SiH](C)O[SiH](C)O[SiH](C)O1.[Rf]. The molecular formula is C16H46O10RfSi8-2. The average Bonchev–Trinajstić information content (AvgIpc) is 2.65. The molecule has 4 atom stereocenters. The second-order valence-corrected chi connectivity index (χ2v) is 29.2. The summed E-state index contributed by atoms with van der Waals surface area (Å²) in [4.78, 5) is 0. The van der Waals surface area contributed by atoms with Gasteiger partial charge in [-0.2, -0.15) is 0 Å². The van der Waals surface area contributed by atoms with Crippen molar-refractivity contribution in [3.05, 3.63) is 14.2 Å². The minimum Gasteiger partial charge on any atom is -0.555 e. The molecule has 0 aliphatic carbocycles. The van der Waals surface area contributed by atoms with Crippen molar-refractivity contribution >= 4 is 72.8 Å². The maximum atomic E-state index is 6.11. The first kappa shape index (κ1) is 35.3. The Bertz CT molecular complexity index is 488. The fourth-order valence-corrected chi connectivity index (χ4v) is 33.3. The van der Waals surface area contributed by atoms with Crippen LogP contribution in [0.4, 0.5) is 0 Å². The zero-order chi connectivity index (χ0) is 25.8. The normalized spacial score (nSPS) is 38.6. The molecule has 0 aromatic carbocycles. The van der Waals surface area contributed by atoms with Crippen molar-refractivity contribution in [2.75, 3.05) is 13.2 Å². The summed E-state index contributed by atoms with van der Waals surface area (Å²) >= 11 is 0. The van der Waals surface area contributed by atoms with Gasteiger partial charge in [-0.1, -0.05) is 0 Å². The molecule has 0 N–H and O–H groups in total. The minimum atomic E-state index is -2.12. The van der Waals surface area contributed by atoms with Gasteiger partial charge in [0.25, 0.3) is 55.7 Å². The van der Waals surface area contributed by atoms with Crippen LogP contribution < -0.4 is 0 Å². The second kappa shape index (κ2) is 17.8. The van der Waals surface area contributed by atoms with Crippen LogP contribution in [0.5, 0.6) is 0 Å². The van der Waals surface area contributed by atoms with Gasteiger partial charge in [-0.15, -0.1) is 0 Å². The first-order valence-electron chi connectivity index (χ1n) is 12.0. The van der Waals surface area contributed by atoms with Crippen molar-refractivity contribution in [3.63, 3.8) is 0 Å². The maximum absolute atomic E-state index is 6.11. The fraction of sp³-hybridized carbons (Fsp3) is 0.875. The Labute approximate surface area is 219 Å². The Kier molecular flexibility index (Phi) is 17.9. The molecule has 19 heteroatoms. The first-order valence-corrected chi connectivity index (χ1v) is 29.6. The second-order valence-electron chi connectivity index (χ2n) is 8.71. The average molecular weight is 890 g/mol. The van der Waals surface area contributed by atoms with Gasteiger partial charge in [0.1, 0.15) is 0 Å². The smallest absolute Gasteiger partial charge is 0.317 e. The van der Waals surface area contributed by atoms with Gasteiger partial charge in [-0.25, -0.2) is 14.2 Å². The zero-order valence-electron chi connectivity index (χ0n) is 22.9. The van der Waals surface area contributed by atoms with E-state index in [1.807, 2.05) is 13.1 Å². The van der Waals surface area contributed by atoms with Gasteiger partial charge in [-0.05, 0) is 77.3 Å².